The quantitative estimate of drug-likeness (QED) is 0.526. The molecule has 0 spiro atoms. The van der Waals surface area contributed by atoms with Crippen LogP contribution in [0.1, 0.15) is 29.7 Å². The molecular formula is C24H21NO2. The monoisotopic (exact) mass is 355 g/mol. The van der Waals surface area contributed by atoms with Gasteiger partial charge < -0.3 is 5.11 Å². The number of aliphatic hydroxyl groups is 1. The molecule has 0 aliphatic carbocycles. The topological polar surface area (TPSA) is 40.5 Å². The fourth-order valence-corrected chi connectivity index (χ4v) is 3.51. The molecule has 1 fully saturated rings. The Kier molecular flexibility index (Phi) is 4.86. The van der Waals surface area contributed by atoms with Gasteiger partial charge in [0, 0.05) is 11.3 Å². The number of carbonyl (C=O) groups excluding carboxylic acids is 1. The van der Waals surface area contributed by atoms with E-state index in [2.05, 4.69) is 0 Å². The molecule has 3 heteroatoms. The van der Waals surface area contributed by atoms with Crippen LogP contribution in [-0.2, 0) is 4.79 Å². The summed E-state index contributed by atoms with van der Waals surface area (Å²) < 4.78 is 0. The van der Waals surface area contributed by atoms with Gasteiger partial charge in [0.1, 0.15) is 0 Å². The number of hydrogen-bond acceptors (Lipinski definition) is 2. The van der Waals surface area contributed by atoms with Crippen LogP contribution >= 0.6 is 0 Å². The molecule has 1 aliphatic heterocycles. The molecule has 0 saturated carbocycles. The van der Waals surface area contributed by atoms with Gasteiger partial charge >= 0.3 is 0 Å². The lowest BCUT2D eigenvalue weighted by molar-refractivity contribution is -0.119. The minimum atomic E-state index is -0.617. The van der Waals surface area contributed by atoms with Crippen molar-refractivity contribution < 1.29 is 9.90 Å². The lowest BCUT2D eigenvalue weighted by atomic mass is 9.86. The van der Waals surface area contributed by atoms with Crippen molar-refractivity contribution in [1.82, 2.24) is 0 Å². The molecule has 1 N–H and O–H groups in total. The minimum Gasteiger partial charge on any atom is -0.388 e. The van der Waals surface area contributed by atoms with E-state index < -0.39 is 6.10 Å². The highest BCUT2D eigenvalue weighted by Gasteiger charge is 2.43. The van der Waals surface area contributed by atoms with E-state index in [-0.39, 0.29) is 11.9 Å². The number of amides is 1. The van der Waals surface area contributed by atoms with E-state index in [4.69, 9.17) is 0 Å². The van der Waals surface area contributed by atoms with E-state index in [9.17, 15) is 9.90 Å². The smallest absolute Gasteiger partial charge is 0.257 e. The lowest BCUT2D eigenvalue weighted by Gasteiger charge is -2.43. The molecule has 27 heavy (non-hydrogen) atoms. The zero-order valence-electron chi connectivity index (χ0n) is 14.9. The fourth-order valence-electron chi connectivity index (χ4n) is 3.51. The van der Waals surface area contributed by atoms with Crippen molar-refractivity contribution in [3.8, 4) is 0 Å². The number of para-hydroxylation sites is 1. The van der Waals surface area contributed by atoms with Gasteiger partial charge in [-0.05, 0) is 29.7 Å². The van der Waals surface area contributed by atoms with Crippen LogP contribution in [0.25, 0.3) is 0 Å². The highest BCUT2D eigenvalue weighted by Crippen LogP contribution is 2.43. The molecule has 1 unspecified atom stereocenters. The summed E-state index contributed by atoms with van der Waals surface area (Å²) in [7, 11) is 0. The van der Waals surface area contributed by atoms with Crippen LogP contribution in [0.2, 0.25) is 0 Å². The standard InChI is InChI=1S/C24H21NO2/c26-22(18-10-4-1-5-11-18)17-16-21-23(19-12-6-2-7-13-19)25(24(21)27)20-14-8-3-9-15-20/h1-16,22-23,26H,17H2/b21-16-/t22?,23-/m1/s1. The first-order valence-electron chi connectivity index (χ1n) is 9.12. The van der Waals surface area contributed by atoms with Crippen LogP contribution < -0.4 is 4.90 Å². The summed E-state index contributed by atoms with van der Waals surface area (Å²) in [6, 6.07) is 29.1. The third-order valence-corrected chi connectivity index (χ3v) is 4.91. The third-order valence-electron chi connectivity index (χ3n) is 4.91. The maximum Gasteiger partial charge on any atom is 0.257 e. The van der Waals surface area contributed by atoms with E-state index in [1.807, 2.05) is 102 Å². The SMILES string of the molecule is O=C1/C(=C\CC(O)c2ccccc2)[C@@H](c2ccccc2)N1c1ccccc1. The van der Waals surface area contributed by atoms with Gasteiger partial charge in [0.15, 0.2) is 0 Å². The Hall–Kier alpha value is -3.17. The summed E-state index contributed by atoms with van der Waals surface area (Å²) in [4.78, 5) is 14.7. The molecule has 1 heterocycles. The largest absolute Gasteiger partial charge is 0.388 e. The predicted molar refractivity (Wildman–Crippen MR) is 107 cm³/mol. The first-order chi connectivity index (χ1) is 13.3. The number of rotatable bonds is 5. The van der Waals surface area contributed by atoms with Crippen molar-refractivity contribution in [3.63, 3.8) is 0 Å². The maximum absolute atomic E-state index is 12.9. The van der Waals surface area contributed by atoms with Crippen LogP contribution in [-0.4, -0.2) is 11.0 Å². The van der Waals surface area contributed by atoms with E-state index in [1.165, 1.54) is 0 Å². The summed E-state index contributed by atoms with van der Waals surface area (Å²) >= 11 is 0. The number of aliphatic hydroxyl groups excluding tert-OH is 1. The molecule has 2 atom stereocenters. The zero-order valence-corrected chi connectivity index (χ0v) is 14.9. The number of nitrogens with zero attached hydrogens (tertiary/aromatic N) is 1. The van der Waals surface area contributed by atoms with Crippen molar-refractivity contribution in [2.75, 3.05) is 4.90 Å². The Morgan fingerprint density at radius 1 is 0.852 bits per heavy atom. The molecule has 1 amide bonds. The van der Waals surface area contributed by atoms with Crippen LogP contribution in [0.4, 0.5) is 5.69 Å². The first-order valence-corrected chi connectivity index (χ1v) is 9.12. The van der Waals surface area contributed by atoms with Gasteiger partial charge in [-0.2, -0.15) is 0 Å². The van der Waals surface area contributed by atoms with E-state index in [0.29, 0.717) is 6.42 Å². The van der Waals surface area contributed by atoms with Gasteiger partial charge in [-0.25, -0.2) is 0 Å². The van der Waals surface area contributed by atoms with Crippen molar-refractivity contribution in [2.45, 2.75) is 18.6 Å². The molecule has 1 saturated heterocycles. The molecular weight excluding hydrogens is 334 g/mol. The average molecular weight is 355 g/mol. The van der Waals surface area contributed by atoms with Gasteiger partial charge in [0.25, 0.3) is 5.91 Å². The van der Waals surface area contributed by atoms with E-state index >= 15 is 0 Å². The minimum absolute atomic E-state index is 0.00434. The summed E-state index contributed by atoms with van der Waals surface area (Å²) in [6.07, 6.45) is 1.68. The molecule has 3 aromatic carbocycles. The number of carbonyl (C=O) groups is 1. The van der Waals surface area contributed by atoms with Crippen molar-refractivity contribution in [2.24, 2.45) is 0 Å². The molecule has 0 radical (unpaired) electrons. The van der Waals surface area contributed by atoms with Crippen molar-refractivity contribution in [1.29, 1.82) is 0 Å². The summed E-state index contributed by atoms with van der Waals surface area (Å²) in [5.41, 5.74) is 3.55. The Balaban J connectivity index is 1.62. The van der Waals surface area contributed by atoms with Crippen molar-refractivity contribution >= 4 is 11.6 Å². The summed E-state index contributed by atoms with van der Waals surface area (Å²) in [5.74, 6) is -0.00434. The lowest BCUT2D eigenvalue weighted by Crippen LogP contribution is -2.49. The second-order valence-electron chi connectivity index (χ2n) is 6.65. The second kappa shape index (κ2) is 7.60. The number of β-lactam (4-membered cyclic amide) rings is 1. The maximum atomic E-state index is 12.9. The van der Waals surface area contributed by atoms with E-state index in [1.54, 1.807) is 0 Å². The fraction of sp³-hybridized carbons (Fsp3) is 0.125. The summed E-state index contributed by atoms with van der Waals surface area (Å²) in [5, 5.41) is 10.4. The van der Waals surface area contributed by atoms with Crippen LogP contribution in [0, 0.1) is 0 Å². The van der Waals surface area contributed by atoms with Crippen LogP contribution in [0.5, 0.6) is 0 Å². The molecule has 3 nitrogen and oxygen atoms in total. The highest BCUT2D eigenvalue weighted by atomic mass is 16.3. The van der Waals surface area contributed by atoms with Gasteiger partial charge in [-0.3, -0.25) is 9.69 Å². The molecule has 0 aromatic heterocycles. The normalized spacial score (nSPS) is 19.0. The summed E-state index contributed by atoms with van der Waals surface area (Å²) in [6.45, 7) is 0. The Morgan fingerprint density at radius 3 is 2.04 bits per heavy atom. The average Bonchev–Trinajstić information content (AvgIpc) is 2.73. The zero-order chi connectivity index (χ0) is 18.6. The Bertz CT molecular complexity index is 936. The third kappa shape index (κ3) is 3.42. The van der Waals surface area contributed by atoms with Gasteiger partial charge in [-0.1, -0.05) is 84.9 Å². The first kappa shape index (κ1) is 17.3. The number of hydrogen-bond donors (Lipinski definition) is 1. The number of anilines is 1. The molecule has 1 aliphatic rings. The van der Waals surface area contributed by atoms with Gasteiger partial charge in [-0.15, -0.1) is 0 Å². The van der Waals surface area contributed by atoms with Gasteiger partial charge in [0.05, 0.1) is 12.1 Å². The molecule has 4 rings (SSSR count). The molecule has 134 valence electrons. The Labute approximate surface area is 159 Å². The Morgan fingerprint density at radius 2 is 1.41 bits per heavy atom. The molecule has 3 aromatic rings. The second-order valence-corrected chi connectivity index (χ2v) is 6.65. The van der Waals surface area contributed by atoms with Crippen LogP contribution in [0.15, 0.2) is 103 Å². The highest BCUT2D eigenvalue weighted by molar-refractivity contribution is 6.15. The van der Waals surface area contributed by atoms with E-state index in [0.717, 1.165) is 22.4 Å². The molecule has 0 bridgehead atoms. The number of benzene rings is 3. The van der Waals surface area contributed by atoms with Gasteiger partial charge in [0.2, 0.25) is 0 Å². The van der Waals surface area contributed by atoms with Crippen LogP contribution in [0.3, 0.4) is 0 Å². The van der Waals surface area contributed by atoms with Crippen molar-refractivity contribution in [3.05, 3.63) is 114 Å². The predicted octanol–water partition coefficient (Wildman–Crippen LogP) is 4.82.